The fourth-order valence-corrected chi connectivity index (χ4v) is 1.69. The number of hydrogen-bond acceptors (Lipinski definition) is 3. The summed E-state index contributed by atoms with van der Waals surface area (Å²) in [6.07, 6.45) is -2.28. The summed E-state index contributed by atoms with van der Waals surface area (Å²) in [5.74, 6) is 0. The van der Waals surface area contributed by atoms with Gasteiger partial charge in [0.25, 0.3) is 0 Å². The van der Waals surface area contributed by atoms with E-state index in [-0.39, 0.29) is 12.1 Å². The highest BCUT2D eigenvalue weighted by atomic mass is 19.4. The molecule has 1 saturated heterocycles. The molecule has 1 atom stereocenters. The summed E-state index contributed by atoms with van der Waals surface area (Å²) in [6, 6.07) is 0. The molecule has 0 aromatic heterocycles. The van der Waals surface area contributed by atoms with Gasteiger partial charge >= 0.3 is 6.18 Å². The molecule has 0 amide bonds. The van der Waals surface area contributed by atoms with Crippen molar-refractivity contribution in [1.82, 2.24) is 5.32 Å². The summed E-state index contributed by atoms with van der Waals surface area (Å²) in [6.45, 7) is 2.68. The second-order valence-electron chi connectivity index (χ2n) is 4.31. The third-order valence-corrected chi connectivity index (χ3v) is 2.50. The molecule has 0 radical (unpaired) electrons. The average Bonchev–Trinajstić information content (AvgIpc) is 2.16. The van der Waals surface area contributed by atoms with Crippen molar-refractivity contribution in [3.05, 3.63) is 0 Å². The Hall–Kier alpha value is -0.330. The van der Waals surface area contributed by atoms with Crippen molar-refractivity contribution < 1.29 is 22.6 Å². The van der Waals surface area contributed by atoms with Gasteiger partial charge in [0.05, 0.1) is 13.2 Å². The first kappa shape index (κ1) is 13.7. The fraction of sp³-hybridized carbons (Fsp3) is 1.00. The topological polar surface area (TPSA) is 30.5 Å². The number of alkyl halides is 3. The van der Waals surface area contributed by atoms with Crippen LogP contribution in [0.2, 0.25) is 0 Å². The monoisotopic (exact) mass is 241 g/mol. The van der Waals surface area contributed by atoms with Gasteiger partial charge in [0.1, 0.15) is 6.61 Å². The number of halogens is 3. The van der Waals surface area contributed by atoms with Crippen molar-refractivity contribution in [1.29, 1.82) is 0 Å². The molecule has 0 aromatic carbocycles. The molecule has 1 aliphatic heterocycles. The van der Waals surface area contributed by atoms with Crippen LogP contribution in [0.15, 0.2) is 0 Å². The first-order chi connectivity index (χ1) is 7.41. The van der Waals surface area contributed by atoms with Crippen LogP contribution in [-0.2, 0) is 9.47 Å². The van der Waals surface area contributed by atoms with E-state index in [1.54, 1.807) is 0 Å². The fourth-order valence-electron chi connectivity index (χ4n) is 1.69. The zero-order valence-corrected chi connectivity index (χ0v) is 9.40. The Bertz CT molecular complexity index is 203. The second-order valence-corrected chi connectivity index (χ2v) is 4.31. The Labute approximate surface area is 93.3 Å². The molecular formula is C10H18F3NO2. The lowest BCUT2D eigenvalue weighted by Crippen LogP contribution is -2.50. The predicted octanol–water partition coefficient (Wildman–Crippen LogP) is 1.72. The van der Waals surface area contributed by atoms with Crippen molar-refractivity contribution in [2.45, 2.75) is 31.5 Å². The minimum Gasteiger partial charge on any atom is -0.380 e. The van der Waals surface area contributed by atoms with Gasteiger partial charge in [-0.25, -0.2) is 0 Å². The van der Waals surface area contributed by atoms with E-state index in [0.29, 0.717) is 13.2 Å². The van der Waals surface area contributed by atoms with Crippen LogP contribution in [0.3, 0.4) is 0 Å². The molecule has 0 saturated carbocycles. The molecule has 1 rings (SSSR count). The summed E-state index contributed by atoms with van der Waals surface area (Å²) >= 11 is 0. The number of hydrogen-bond donors (Lipinski definition) is 1. The van der Waals surface area contributed by atoms with Gasteiger partial charge in [0.15, 0.2) is 0 Å². The van der Waals surface area contributed by atoms with E-state index < -0.39 is 12.8 Å². The van der Waals surface area contributed by atoms with Crippen LogP contribution < -0.4 is 5.32 Å². The molecule has 1 aliphatic rings. The summed E-state index contributed by atoms with van der Waals surface area (Å²) in [5.41, 5.74) is -0.125. The summed E-state index contributed by atoms with van der Waals surface area (Å²) in [7, 11) is 0. The van der Waals surface area contributed by atoms with Crippen LogP contribution in [0.4, 0.5) is 13.2 Å². The molecule has 0 spiro atoms. The molecule has 1 unspecified atom stereocenters. The van der Waals surface area contributed by atoms with E-state index in [4.69, 9.17) is 4.74 Å². The third-order valence-electron chi connectivity index (χ3n) is 2.50. The highest BCUT2D eigenvalue weighted by molar-refractivity contribution is 4.85. The average molecular weight is 241 g/mol. The van der Waals surface area contributed by atoms with Gasteiger partial charge in [-0.05, 0) is 19.8 Å². The molecular weight excluding hydrogens is 223 g/mol. The number of rotatable bonds is 5. The third kappa shape index (κ3) is 5.67. The summed E-state index contributed by atoms with van der Waals surface area (Å²) < 4.78 is 45.1. The lowest BCUT2D eigenvalue weighted by atomic mass is 9.95. The maximum Gasteiger partial charge on any atom is 0.411 e. The van der Waals surface area contributed by atoms with Gasteiger partial charge < -0.3 is 14.8 Å². The van der Waals surface area contributed by atoms with Crippen LogP contribution >= 0.6 is 0 Å². The van der Waals surface area contributed by atoms with Crippen molar-refractivity contribution in [3.8, 4) is 0 Å². The Morgan fingerprint density at radius 1 is 1.44 bits per heavy atom. The standard InChI is InChI=1S/C10H18F3NO2/c1-9(3-2-5-15-7-9)14-4-6-16-8-10(11,12)13/h14H,2-8H2,1H3. The molecule has 6 heteroatoms. The number of nitrogens with one attached hydrogen (secondary N) is 1. The van der Waals surface area contributed by atoms with Crippen LogP contribution in [0.5, 0.6) is 0 Å². The van der Waals surface area contributed by atoms with Crippen LogP contribution in [-0.4, -0.2) is 44.7 Å². The largest absolute Gasteiger partial charge is 0.411 e. The molecule has 16 heavy (non-hydrogen) atoms. The highest BCUT2D eigenvalue weighted by Gasteiger charge is 2.28. The molecule has 1 heterocycles. The predicted molar refractivity (Wildman–Crippen MR) is 53.3 cm³/mol. The van der Waals surface area contributed by atoms with Crippen molar-refractivity contribution in [2.24, 2.45) is 0 Å². The Balaban J connectivity index is 2.06. The van der Waals surface area contributed by atoms with Crippen LogP contribution in [0, 0.1) is 0 Å². The normalized spacial score (nSPS) is 27.0. The van der Waals surface area contributed by atoms with E-state index in [1.807, 2.05) is 6.92 Å². The number of ether oxygens (including phenoxy) is 2. The maximum absolute atomic E-state index is 11.7. The Morgan fingerprint density at radius 2 is 2.19 bits per heavy atom. The molecule has 0 aliphatic carbocycles. The maximum atomic E-state index is 11.7. The van der Waals surface area contributed by atoms with Gasteiger partial charge in [0, 0.05) is 18.7 Å². The van der Waals surface area contributed by atoms with Crippen molar-refractivity contribution >= 4 is 0 Å². The van der Waals surface area contributed by atoms with Crippen LogP contribution in [0.1, 0.15) is 19.8 Å². The van der Waals surface area contributed by atoms with E-state index in [2.05, 4.69) is 10.1 Å². The Kier molecular flexibility index (Phi) is 5.01. The van der Waals surface area contributed by atoms with Crippen molar-refractivity contribution in [2.75, 3.05) is 33.0 Å². The van der Waals surface area contributed by atoms with Gasteiger partial charge in [0.2, 0.25) is 0 Å². The summed E-state index contributed by atoms with van der Waals surface area (Å²) in [5, 5.41) is 3.17. The first-order valence-electron chi connectivity index (χ1n) is 5.39. The first-order valence-corrected chi connectivity index (χ1v) is 5.39. The van der Waals surface area contributed by atoms with E-state index in [0.717, 1.165) is 19.4 Å². The van der Waals surface area contributed by atoms with Gasteiger partial charge in [-0.15, -0.1) is 0 Å². The Morgan fingerprint density at radius 3 is 2.75 bits per heavy atom. The molecule has 0 bridgehead atoms. The van der Waals surface area contributed by atoms with E-state index in [9.17, 15) is 13.2 Å². The van der Waals surface area contributed by atoms with Crippen LogP contribution in [0.25, 0.3) is 0 Å². The zero-order valence-electron chi connectivity index (χ0n) is 9.40. The van der Waals surface area contributed by atoms with Gasteiger partial charge in [-0.2, -0.15) is 13.2 Å². The summed E-state index contributed by atoms with van der Waals surface area (Å²) in [4.78, 5) is 0. The molecule has 0 aromatic rings. The smallest absolute Gasteiger partial charge is 0.380 e. The quantitative estimate of drug-likeness (QED) is 0.743. The highest BCUT2D eigenvalue weighted by Crippen LogP contribution is 2.18. The molecule has 96 valence electrons. The van der Waals surface area contributed by atoms with E-state index in [1.165, 1.54) is 0 Å². The minimum absolute atomic E-state index is 0.0646. The van der Waals surface area contributed by atoms with E-state index >= 15 is 0 Å². The molecule has 1 fully saturated rings. The SMILES string of the molecule is CC1(NCCOCC(F)(F)F)CCCOC1. The van der Waals surface area contributed by atoms with Crippen molar-refractivity contribution in [3.63, 3.8) is 0 Å². The van der Waals surface area contributed by atoms with Gasteiger partial charge in [-0.3, -0.25) is 0 Å². The zero-order chi connectivity index (χ0) is 12.1. The molecule has 1 N–H and O–H groups in total. The molecule has 3 nitrogen and oxygen atoms in total. The lowest BCUT2D eigenvalue weighted by molar-refractivity contribution is -0.173. The lowest BCUT2D eigenvalue weighted by Gasteiger charge is -2.34. The van der Waals surface area contributed by atoms with Gasteiger partial charge in [-0.1, -0.05) is 0 Å². The second kappa shape index (κ2) is 5.84. The minimum atomic E-state index is -4.24.